The van der Waals surface area contributed by atoms with Crippen molar-refractivity contribution in [3.8, 4) is 5.88 Å². The number of likely N-dealkylation sites (tertiary alicyclic amines) is 1. The van der Waals surface area contributed by atoms with E-state index in [-0.39, 0.29) is 11.8 Å². The fourth-order valence-corrected chi connectivity index (χ4v) is 2.76. The molecule has 1 saturated heterocycles. The lowest BCUT2D eigenvalue weighted by atomic mass is 9.94. The van der Waals surface area contributed by atoms with Gasteiger partial charge in [-0.2, -0.15) is 5.10 Å². The summed E-state index contributed by atoms with van der Waals surface area (Å²) in [4.78, 5) is 14.4. The quantitative estimate of drug-likeness (QED) is 0.929. The van der Waals surface area contributed by atoms with Crippen LogP contribution in [0.25, 0.3) is 0 Å². The van der Waals surface area contributed by atoms with E-state index in [2.05, 4.69) is 20.4 Å². The molecule has 0 unspecified atom stereocenters. The van der Waals surface area contributed by atoms with Crippen molar-refractivity contribution in [2.24, 2.45) is 0 Å². The normalized spacial score (nSPS) is 18.3. The van der Waals surface area contributed by atoms with Gasteiger partial charge in [0, 0.05) is 30.8 Å². The van der Waals surface area contributed by atoms with Crippen molar-refractivity contribution in [1.82, 2.24) is 25.3 Å². The number of amides is 1. The lowest BCUT2D eigenvalue weighted by Crippen LogP contribution is -2.39. The van der Waals surface area contributed by atoms with Crippen molar-refractivity contribution in [3.05, 3.63) is 35.3 Å². The van der Waals surface area contributed by atoms with Gasteiger partial charge in [-0.25, -0.2) is 0 Å². The molecule has 0 spiro atoms. The molecule has 1 N–H and O–H groups in total. The first-order valence-electron chi connectivity index (χ1n) is 7.36. The van der Waals surface area contributed by atoms with Crippen LogP contribution in [0.4, 0.5) is 0 Å². The molecule has 0 bridgehead atoms. The number of rotatable bonds is 3. The summed E-state index contributed by atoms with van der Waals surface area (Å²) in [6.07, 6.45) is 2.01. The summed E-state index contributed by atoms with van der Waals surface area (Å²) in [5.74, 6) is 0.584. The van der Waals surface area contributed by atoms with Crippen LogP contribution in [0.2, 0.25) is 0 Å². The molecule has 1 aliphatic heterocycles. The second kappa shape index (κ2) is 6.13. The van der Waals surface area contributed by atoms with E-state index in [9.17, 15) is 4.79 Å². The number of piperidine rings is 1. The van der Waals surface area contributed by atoms with Crippen LogP contribution in [0.3, 0.4) is 0 Å². The smallest absolute Gasteiger partial charge is 0.274 e. The lowest BCUT2D eigenvalue weighted by Gasteiger charge is -2.31. The van der Waals surface area contributed by atoms with Gasteiger partial charge in [-0.3, -0.25) is 9.89 Å². The maximum atomic E-state index is 12.5. The fraction of sp³-hybridized carbons (Fsp3) is 0.467. The predicted molar refractivity (Wildman–Crippen MR) is 79.8 cm³/mol. The number of H-pyrrole nitrogens is 1. The molecule has 0 aromatic carbocycles. The highest BCUT2D eigenvalue weighted by atomic mass is 16.5. The largest absolute Gasteiger partial charge is 0.480 e. The molecule has 7 heteroatoms. The van der Waals surface area contributed by atoms with Crippen LogP contribution in [-0.2, 0) is 0 Å². The number of hydrogen-bond acceptors (Lipinski definition) is 5. The van der Waals surface area contributed by atoms with Crippen LogP contribution in [0.5, 0.6) is 5.88 Å². The molecule has 3 heterocycles. The number of methoxy groups -OCH3 is 1. The number of carbonyl (C=O) groups excluding carboxylic acids is 1. The van der Waals surface area contributed by atoms with Crippen LogP contribution >= 0.6 is 0 Å². The number of aromatic nitrogens is 4. The molecular weight excluding hydrogens is 282 g/mol. The minimum absolute atomic E-state index is 0.0906. The molecule has 1 atom stereocenters. The van der Waals surface area contributed by atoms with Crippen LogP contribution < -0.4 is 4.74 Å². The van der Waals surface area contributed by atoms with Crippen LogP contribution in [0.1, 0.15) is 40.6 Å². The first-order chi connectivity index (χ1) is 10.7. The van der Waals surface area contributed by atoms with Crippen molar-refractivity contribution in [2.75, 3.05) is 20.2 Å². The fourth-order valence-electron chi connectivity index (χ4n) is 2.76. The summed E-state index contributed by atoms with van der Waals surface area (Å²) >= 11 is 0. The predicted octanol–water partition coefficient (Wildman–Crippen LogP) is 1.54. The number of hydrogen-bond donors (Lipinski definition) is 1. The third kappa shape index (κ3) is 2.93. The van der Waals surface area contributed by atoms with Gasteiger partial charge in [-0.1, -0.05) is 0 Å². The van der Waals surface area contributed by atoms with Crippen molar-refractivity contribution in [1.29, 1.82) is 0 Å². The Labute approximate surface area is 128 Å². The average Bonchev–Trinajstić information content (AvgIpc) is 3.01. The molecule has 0 aliphatic carbocycles. The zero-order valence-corrected chi connectivity index (χ0v) is 12.7. The van der Waals surface area contributed by atoms with Crippen LogP contribution in [0.15, 0.2) is 18.2 Å². The lowest BCUT2D eigenvalue weighted by molar-refractivity contribution is 0.0698. The highest BCUT2D eigenvalue weighted by Gasteiger charge is 2.27. The van der Waals surface area contributed by atoms with Crippen molar-refractivity contribution in [3.63, 3.8) is 0 Å². The molecule has 7 nitrogen and oxygen atoms in total. The molecule has 22 heavy (non-hydrogen) atoms. The van der Waals surface area contributed by atoms with Gasteiger partial charge in [0.05, 0.1) is 12.8 Å². The van der Waals surface area contributed by atoms with E-state index in [0.717, 1.165) is 30.8 Å². The summed E-state index contributed by atoms with van der Waals surface area (Å²) < 4.78 is 4.96. The summed E-state index contributed by atoms with van der Waals surface area (Å²) in [6, 6.07) is 5.35. The number of nitrogens with zero attached hydrogens (tertiary/aromatic N) is 4. The third-order valence-corrected chi connectivity index (χ3v) is 3.92. The number of aromatic amines is 1. The van der Waals surface area contributed by atoms with Gasteiger partial charge in [0.1, 0.15) is 0 Å². The number of ether oxygens (including phenoxy) is 1. The first-order valence-corrected chi connectivity index (χ1v) is 7.36. The Morgan fingerprint density at radius 1 is 1.41 bits per heavy atom. The first kappa shape index (κ1) is 14.5. The monoisotopic (exact) mass is 301 g/mol. The van der Waals surface area contributed by atoms with Crippen molar-refractivity contribution < 1.29 is 9.53 Å². The molecule has 0 saturated carbocycles. The second-order valence-corrected chi connectivity index (χ2v) is 5.53. The molecule has 1 aliphatic rings. The number of nitrogens with one attached hydrogen (secondary N) is 1. The molecule has 2 aromatic rings. The third-order valence-electron chi connectivity index (χ3n) is 3.92. The highest BCUT2D eigenvalue weighted by Crippen LogP contribution is 2.26. The van der Waals surface area contributed by atoms with Crippen molar-refractivity contribution >= 4 is 5.91 Å². The average molecular weight is 301 g/mol. The summed E-state index contributed by atoms with van der Waals surface area (Å²) in [5.41, 5.74) is 2.41. The molecule has 1 amide bonds. The molecular formula is C15H19N5O2. The molecule has 1 fully saturated rings. The highest BCUT2D eigenvalue weighted by molar-refractivity contribution is 5.92. The van der Waals surface area contributed by atoms with Gasteiger partial charge < -0.3 is 9.64 Å². The SMILES string of the molecule is COc1ccc(C(=O)N2CCC[C@H](c3cc(C)[nH]n3)C2)nn1. The van der Waals surface area contributed by atoms with Gasteiger partial charge in [-0.05, 0) is 31.9 Å². The second-order valence-electron chi connectivity index (χ2n) is 5.53. The zero-order chi connectivity index (χ0) is 15.5. The van der Waals surface area contributed by atoms with Crippen molar-refractivity contribution in [2.45, 2.75) is 25.7 Å². The topological polar surface area (TPSA) is 84.0 Å². The summed E-state index contributed by atoms with van der Waals surface area (Å²) in [5, 5.41) is 15.1. The Morgan fingerprint density at radius 3 is 2.91 bits per heavy atom. The molecule has 0 radical (unpaired) electrons. The van der Waals surface area contributed by atoms with E-state index in [1.54, 1.807) is 12.1 Å². The van der Waals surface area contributed by atoms with Gasteiger partial charge in [0.15, 0.2) is 5.69 Å². The Hall–Kier alpha value is -2.44. The Balaban J connectivity index is 1.71. The van der Waals surface area contributed by atoms with E-state index in [1.807, 2.05) is 17.9 Å². The van der Waals surface area contributed by atoms with E-state index < -0.39 is 0 Å². The minimum atomic E-state index is -0.0906. The standard InChI is InChI=1S/C15H19N5O2/c1-10-8-13(18-16-10)11-4-3-7-20(9-11)15(21)12-5-6-14(22-2)19-17-12/h5-6,8,11H,3-4,7,9H2,1-2H3,(H,16,18)/t11-/m0/s1. The van der Waals surface area contributed by atoms with Gasteiger partial charge in [-0.15, -0.1) is 10.2 Å². The Bertz CT molecular complexity index is 652. The molecule has 3 rings (SSSR count). The van der Waals surface area contributed by atoms with Crippen LogP contribution in [0, 0.1) is 6.92 Å². The number of aryl methyl sites for hydroxylation is 1. The number of carbonyl (C=O) groups is 1. The minimum Gasteiger partial charge on any atom is -0.480 e. The van der Waals surface area contributed by atoms with E-state index in [1.165, 1.54) is 7.11 Å². The molecule has 116 valence electrons. The maximum Gasteiger partial charge on any atom is 0.274 e. The van der Waals surface area contributed by atoms with Crippen LogP contribution in [-0.4, -0.2) is 51.4 Å². The Morgan fingerprint density at radius 2 is 2.27 bits per heavy atom. The maximum absolute atomic E-state index is 12.5. The Kier molecular flexibility index (Phi) is 4.04. The summed E-state index contributed by atoms with van der Waals surface area (Å²) in [7, 11) is 1.52. The van der Waals surface area contributed by atoms with E-state index >= 15 is 0 Å². The zero-order valence-electron chi connectivity index (χ0n) is 12.7. The van der Waals surface area contributed by atoms with E-state index in [0.29, 0.717) is 18.1 Å². The summed E-state index contributed by atoms with van der Waals surface area (Å²) in [6.45, 7) is 3.39. The van der Waals surface area contributed by atoms with E-state index in [4.69, 9.17) is 4.74 Å². The van der Waals surface area contributed by atoms with Gasteiger partial charge >= 0.3 is 0 Å². The van der Waals surface area contributed by atoms with Gasteiger partial charge in [0.2, 0.25) is 5.88 Å². The molecule has 2 aromatic heterocycles. The van der Waals surface area contributed by atoms with Gasteiger partial charge in [0.25, 0.3) is 5.91 Å².